The van der Waals surface area contributed by atoms with E-state index in [1.54, 1.807) is 30.5 Å². The van der Waals surface area contributed by atoms with Crippen LogP contribution >= 0.6 is 22.9 Å². The van der Waals surface area contributed by atoms with E-state index in [4.69, 9.17) is 11.6 Å². The second-order valence-corrected chi connectivity index (χ2v) is 6.49. The van der Waals surface area contributed by atoms with E-state index in [0.29, 0.717) is 21.4 Å². The summed E-state index contributed by atoms with van der Waals surface area (Å²) in [5.74, 6) is 0.0867. The van der Waals surface area contributed by atoms with Crippen molar-refractivity contribution in [1.82, 2.24) is 10.3 Å². The van der Waals surface area contributed by atoms with Gasteiger partial charge in [-0.05, 0) is 17.7 Å². The molecule has 0 aliphatic heterocycles. The number of carbonyl (C=O) groups is 1. The van der Waals surface area contributed by atoms with E-state index in [-0.39, 0.29) is 12.5 Å². The fourth-order valence-corrected chi connectivity index (χ4v) is 2.70. The van der Waals surface area contributed by atoms with Crippen LogP contribution in [0.3, 0.4) is 0 Å². The zero-order valence-electron chi connectivity index (χ0n) is 11.8. The highest BCUT2D eigenvalue weighted by atomic mass is 35.5. The third kappa shape index (κ3) is 4.27. The molecule has 1 aromatic heterocycles. The molecule has 2 N–H and O–H groups in total. The Labute approximate surface area is 132 Å². The van der Waals surface area contributed by atoms with Gasteiger partial charge in [-0.25, -0.2) is 4.98 Å². The second kappa shape index (κ2) is 7.02. The molecule has 0 bridgehead atoms. The minimum atomic E-state index is -0.760. The first-order valence-corrected chi connectivity index (χ1v) is 7.84. The van der Waals surface area contributed by atoms with Crippen molar-refractivity contribution in [3.63, 3.8) is 0 Å². The van der Waals surface area contributed by atoms with Gasteiger partial charge >= 0.3 is 0 Å². The lowest BCUT2D eigenvalue weighted by Gasteiger charge is -2.11. The molecule has 21 heavy (non-hydrogen) atoms. The minimum Gasteiger partial charge on any atom is -0.387 e. The number of benzene rings is 1. The Kier molecular flexibility index (Phi) is 5.33. The van der Waals surface area contributed by atoms with Crippen molar-refractivity contribution in [3.05, 3.63) is 50.9 Å². The SMILES string of the molecule is CC(C)c1ncc(C(=O)NCC(O)c2ccc(Cl)cc2)s1. The summed E-state index contributed by atoms with van der Waals surface area (Å²) in [5, 5.41) is 14.3. The first-order chi connectivity index (χ1) is 9.97. The van der Waals surface area contributed by atoms with E-state index in [1.165, 1.54) is 11.3 Å². The van der Waals surface area contributed by atoms with Crippen LogP contribution in [0.25, 0.3) is 0 Å². The van der Waals surface area contributed by atoms with E-state index in [2.05, 4.69) is 10.3 Å². The Bertz CT molecular complexity index is 610. The molecule has 0 fully saturated rings. The van der Waals surface area contributed by atoms with Crippen molar-refractivity contribution in [1.29, 1.82) is 0 Å². The van der Waals surface area contributed by atoms with Crippen LogP contribution < -0.4 is 5.32 Å². The number of aliphatic hydroxyl groups excluding tert-OH is 1. The van der Waals surface area contributed by atoms with Gasteiger partial charge in [0.1, 0.15) is 4.88 Å². The van der Waals surface area contributed by atoms with Crippen LogP contribution in [0.2, 0.25) is 5.02 Å². The van der Waals surface area contributed by atoms with E-state index in [0.717, 1.165) is 5.01 Å². The van der Waals surface area contributed by atoms with Gasteiger partial charge in [0.15, 0.2) is 0 Å². The number of hydrogen-bond donors (Lipinski definition) is 2. The molecular formula is C15H17ClN2O2S. The molecule has 6 heteroatoms. The Hall–Kier alpha value is -1.43. The number of thiazole rings is 1. The highest BCUT2D eigenvalue weighted by Gasteiger charge is 2.14. The number of aromatic nitrogens is 1. The standard InChI is InChI=1S/C15H17ClN2O2S/c1-9(2)15-18-8-13(21-15)14(20)17-7-12(19)10-3-5-11(16)6-4-10/h3-6,8-9,12,19H,7H2,1-2H3,(H,17,20). The van der Waals surface area contributed by atoms with Crippen molar-refractivity contribution in [2.75, 3.05) is 6.54 Å². The summed E-state index contributed by atoms with van der Waals surface area (Å²) in [6.45, 7) is 4.21. The van der Waals surface area contributed by atoms with Crippen molar-refractivity contribution in [2.24, 2.45) is 0 Å². The van der Waals surface area contributed by atoms with Crippen LogP contribution in [0, 0.1) is 0 Å². The smallest absolute Gasteiger partial charge is 0.263 e. The lowest BCUT2D eigenvalue weighted by molar-refractivity contribution is 0.0920. The summed E-state index contributed by atoms with van der Waals surface area (Å²) >= 11 is 7.17. The Morgan fingerprint density at radius 3 is 2.62 bits per heavy atom. The fourth-order valence-electron chi connectivity index (χ4n) is 1.74. The maximum absolute atomic E-state index is 12.0. The molecule has 112 valence electrons. The van der Waals surface area contributed by atoms with E-state index in [1.807, 2.05) is 13.8 Å². The average molecular weight is 325 g/mol. The van der Waals surface area contributed by atoms with Crippen LogP contribution in [-0.4, -0.2) is 22.5 Å². The molecule has 0 aliphatic carbocycles. The monoisotopic (exact) mass is 324 g/mol. The predicted octanol–water partition coefficient (Wildman–Crippen LogP) is 3.38. The molecule has 1 heterocycles. The number of nitrogens with one attached hydrogen (secondary N) is 1. The minimum absolute atomic E-state index is 0.148. The third-order valence-corrected chi connectivity index (χ3v) is 4.50. The number of halogens is 1. The summed E-state index contributed by atoms with van der Waals surface area (Å²) in [4.78, 5) is 16.8. The lowest BCUT2D eigenvalue weighted by atomic mass is 10.1. The maximum Gasteiger partial charge on any atom is 0.263 e. The van der Waals surface area contributed by atoms with Gasteiger partial charge in [-0.1, -0.05) is 37.6 Å². The predicted molar refractivity (Wildman–Crippen MR) is 84.9 cm³/mol. The number of aliphatic hydroxyl groups is 1. The van der Waals surface area contributed by atoms with Gasteiger partial charge in [-0.15, -0.1) is 11.3 Å². The number of hydrogen-bond acceptors (Lipinski definition) is 4. The summed E-state index contributed by atoms with van der Waals surface area (Å²) in [6, 6.07) is 6.89. The number of rotatable bonds is 5. The summed E-state index contributed by atoms with van der Waals surface area (Å²) < 4.78 is 0. The lowest BCUT2D eigenvalue weighted by Crippen LogP contribution is -2.27. The zero-order valence-corrected chi connectivity index (χ0v) is 13.4. The van der Waals surface area contributed by atoms with Crippen molar-refractivity contribution in [2.45, 2.75) is 25.9 Å². The Balaban J connectivity index is 1.92. The van der Waals surface area contributed by atoms with Gasteiger partial charge in [-0.3, -0.25) is 4.79 Å². The van der Waals surface area contributed by atoms with Gasteiger partial charge in [0.05, 0.1) is 17.3 Å². The average Bonchev–Trinajstić information content (AvgIpc) is 2.95. The first-order valence-electron chi connectivity index (χ1n) is 6.65. The number of nitrogens with zero attached hydrogens (tertiary/aromatic N) is 1. The molecule has 4 nitrogen and oxygen atoms in total. The molecule has 0 saturated heterocycles. The molecule has 0 spiro atoms. The third-order valence-electron chi connectivity index (χ3n) is 2.95. The molecular weight excluding hydrogens is 308 g/mol. The molecule has 1 atom stereocenters. The van der Waals surface area contributed by atoms with E-state index in [9.17, 15) is 9.90 Å². The van der Waals surface area contributed by atoms with Gasteiger partial charge in [-0.2, -0.15) is 0 Å². The Morgan fingerprint density at radius 1 is 1.38 bits per heavy atom. The molecule has 0 radical (unpaired) electrons. The zero-order chi connectivity index (χ0) is 15.4. The van der Waals surface area contributed by atoms with Crippen LogP contribution in [0.4, 0.5) is 0 Å². The van der Waals surface area contributed by atoms with Gasteiger partial charge in [0.2, 0.25) is 0 Å². The van der Waals surface area contributed by atoms with Crippen LogP contribution in [0.15, 0.2) is 30.5 Å². The number of amides is 1. The van der Waals surface area contributed by atoms with Crippen LogP contribution in [0.1, 0.15) is 46.1 Å². The highest BCUT2D eigenvalue weighted by molar-refractivity contribution is 7.13. The molecule has 0 saturated carbocycles. The maximum atomic E-state index is 12.0. The van der Waals surface area contributed by atoms with Crippen molar-refractivity contribution < 1.29 is 9.90 Å². The summed E-state index contributed by atoms with van der Waals surface area (Å²) in [6.07, 6.45) is 0.813. The molecule has 2 rings (SSSR count). The van der Waals surface area contributed by atoms with Crippen LogP contribution in [0.5, 0.6) is 0 Å². The van der Waals surface area contributed by atoms with E-state index < -0.39 is 6.10 Å². The van der Waals surface area contributed by atoms with Crippen molar-refractivity contribution >= 4 is 28.8 Å². The van der Waals surface area contributed by atoms with Gasteiger partial charge < -0.3 is 10.4 Å². The molecule has 0 aliphatic rings. The summed E-state index contributed by atoms with van der Waals surface area (Å²) in [5.41, 5.74) is 0.715. The fraction of sp³-hybridized carbons (Fsp3) is 0.333. The first kappa shape index (κ1) is 15.9. The highest BCUT2D eigenvalue weighted by Crippen LogP contribution is 2.21. The van der Waals surface area contributed by atoms with Crippen LogP contribution in [-0.2, 0) is 0 Å². The number of carbonyl (C=O) groups excluding carboxylic acids is 1. The van der Waals surface area contributed by atoms with Gasteiger partial charge in [0.25, 0.3) is 5.91 Å². The van der Waals surface area contributed by atoms with E-state index >= 15 is 0 Å². The van der Waals surface area contributed by atoms with Gasteiger partial charge in [0, 0.05) is 17.5 Å². The largest absolute Gasteiger partial charge is 0.387 e. The molecule has 1 amide bonds. The molecule has 1 aromatic carbocycles. The molecule has 2 aromatic rings. The quantitative estimate of drug-likeness (QED) is 0.886. The van der Waals surface area contributed by atoms with Crippen molar-refractivity contribution in [3.8, 4) is 0 Å². The second-order valence-electron chi connectivity index (χ2n) is 4.99. The Morgan fingerprint density at radius 2 is 2.05 bits per heavy atom. The normalized spacial score (nSPS) is 12.4. The molecule has 1 unspecified atom stereocenters. The summed E-state index contributed by atoms with van der Waals surface area (Å²) in [7, 11) is 0. The topological polar surface area (TPSA) is 62.2 Å².